The lowest BCUT2D eigenvalue weighted by atomic mass is 10.0. The van der Waals surface area contributed by atoms with Crippen molar-refractivity contribution in [2.24, 2.45) is 0 Å². The van der Waals surface area contributed by atoms with E-state index in [0.717, 1.165) is 51.5 Å². The molecule has 0 aromatic heterocycles. The van der Waals surface area contributed by atoms with Gasteiger partial charge in [-0.05, 0) is 39.2 Å². The van der Waals surface area contributed by atoms with Gasteiger partial charge in [-0.1, -0.05) is 48.5 Å². The second-order valence-corrected chi connectivity index (χ2v) is 7.77. The fourth-order valence-corrected chi connectivity index (χ4v) is 3.69. The maximum Gasteiger partial charge on any atom is 0.123 e. The number of rotatable bonds is 8. The highest BCUT2D eigenvalue weighted by Crippen LogP contribution is 2.29. The third-order valence-corrected chi connectivity index (χ3v) is 5.23. The fourth-order valence-electron chi connectivity index (χ4n) is 3.69. The number of hydrogen-bond acceptors (Lipinski definition) is 4. The van der Waals surface area contributed by atoms with Gasteiger partial charge in [0.2, 0.25) is 0 Å². The maximum atomic E-state index is 6.13. The molecule has 0 amide bonds. The molecule has 0 radical (unpaired) electrons. The van der Waals surface area contributed by atoms with Crippen LogP contribution in [-0.4, -0.2) is 68.6 Å². The Kier molecular flexibility index (Phi) is 7.27. The zero-order valence-corrected chi connectivity index (χ0v) is 17.0. The maximum absolute atomic E-state index is 6.13. The summed E-state index contributed by atoms with van der Waals surface area (Å²) in [5.74, 6) is 1.03. The van der Waals surface area contributed by atoms with Crippen molar-refractivity contribution >= 4 is 0 Å². The lowest BCUT2D eigenvalue weighted by Crippen LogP contribution is -2.46. The molecule has 4 nitrogen and oxygen atoms in total. The Morgan fingerprint density at radius 1 is 1.00 bits per heavy atom. The molecule has 27 heavy (non-hydrogen) atoms. The number of benzene rings is 2. The van der Waals surface area contributed by atoms with Gasteiger partial charge in [-0.25, -0.2) is 0 Å². The summed E-state index contributed by atoms with van der Waals surface area (Å²) in [6.45, 7) is 5.99. The molecule has 1 aliphatic rings. The number of piperazine rings is 1. The molecule has 0 unspecified atom stereocenters. The van der Waals surface area contributed by atoms with Crippen LogP contribution in [0.3, 0.4) is 0 Å². The topological polar surface area (TPSA) is 19.0 Å². The first-order valence-electron chi connectivity index (χ1n) is 9.96. The quantitative estimate of drug-likeness (QED) is 0.665. The van der Waals surface area contributed by atoms with E-state index in [1.165, 1.54) is 11.1 Å². The third-order valence-electron chi connectivity index (χ3n) is 5.23. The van der Waals surface area contributed by atoms with Crippen molar-refractivity contribution in [3.8, 4) is 5.75 Å². The Bertz CT molecular complexity index is 689. The minimum absolute atomic E-state index is 0.423. The molecule has 1 heterocycles. The Balaban J connectivity index is 1.69. The van der Waals surface area contributed by atoms with Crippen LogP contribution in [0.15, 0.2) is 54.6 Å². The first kappa shape index (κ1) is 19.9. The lowest BCUT2D eigenvalue weighted by molar-refractivity contribution is 0.0824. The number of nitrogens with zero attached hydrogens (tertiary/aromatic N) is 3. The van der Waals surface area contributed by atoms with Crippen LogP contribution >= 0.6 is 0 Å². The summed E-state index contributed by atoms with van der Waals surface area (Å²) in [5.41, 5.74) is 2.68. The largest absolute Gasteiger partial charge is 0.493 e. The van der Waals surface area contributed by atoms with E-state index in [-0.39, 0.29) is 0 Å². The van der Waals surface area contributed by atoms with Gasteiger partial charge in [0.25, 0.3) is 0 Å². The van der Waals surface area contributed by atoms with Crippen molar-refractivity contribution in [3.05, 3.63) is 65.7 Å². The van der Waals surface area contributed by atoms with E-state index in [1.54, 1.807) is 0 Å². The van der Waals surface area contributed by atoms with Gasteiger partial charge >= 0.3 is 0 Å². The zero-order valence-electron chi connectivity index (χ0n) is 17.0. The van der Waals surface area contributed by atoms with Gasteiger partial charge in [0, 0.05) is 44.3 Å². The van der Waals surface area contributed by atoms with Crippen molar-refractivity contribution in [3.63, 3.8) is 0 Å². The molecular weight excluding hydrogens is 334 g/mol. The standard InChI is InChI=1S/C23H33N3O/c1-24(2)14-9-17-27-23-13-8-7-12-21(23)18-26-16-15-25(3)19-22(26)20-10-5-4-6-11-20/h4-8,10-13,22H,9,14-19H2,1-3H3/t22-/m1/s1. The summed E-state index contributed by atoms with van der Waals surface area (Å²) >= 11 is 0. The molecule has 3 rings (SSSR count). The highest BCUT2D eigenvalue weighted by Gasteiger charge is 2.27. The molecule has 1 aliphatic heterocycles. The summed E-state index contributed by atoms with van der Waals surface area (Å²) < 4.78 is 6.13. The van der Waals surface area contributed by atoms with Crippen LogP contribution in [0.1, 0.15) is 23.6 Å². The molecule has 0 aliphatic carbocycles. The van der Waals surface area contributed by atoms with Crippen LogP contribution in [0, 0.1) is 0 Å². The van der Waals surface area contributed by atoms with Crippen LogP contribution in [-0.2, 0) is 6.54 Å². The Morgan fingerprint density at radius 3 is 2.52 bits per heavy atom. The van der Waals surface area contributed by atoms with Gasteiger partial charge in [-0.3, -0.25) is 4.90 Å². The molecular formula is C23H33N3O. The van der Waals surface area contributed by atoms with Crippen LogP contribution < -0.4 is 4.74 Å². The van der Waals surface area contributed by atoms with Gasteiger partial charge in [0.15, 0.2) is 0 Å². The molecule has 0 saturated carbocycles. The predicted molar refractivity (Wildman–Crippen MR) is 112 cm³/mol. The molecule has 0 spiro atoms. The third kappa shape index (κ3) is 5.80. The molecule has 0 N–H and O–H groups in total. The van der Waals surface area contributed by atoms with Gasteiger partial charge in [0.05, 0.1) is 6.61 Å². The van der Waals surface area contributed by atoms with Crippen molar-refractivity contribution in [1.29, 1.82) is 0 Å². The fraction of sp³-hybridized carbons (Fsp3) is 0.478. The van der Waals surface area contributed by atoms with E-state index in [2.05, 4.69) is 90.4 Å². The van der Waals surface area contributed by atoms with Gasteiger partial charge in [0.1, 0.15) is 5.75 Å². The highest BCUT2D eigenvalue weighted by molar-refractivity contribution is 5.33. The Labute approximate surface area is 164 Å². The molecule has 4 heteroatoms. The Morgan fingerprint density at radius 2 is 1.74 bits per heavy atom. The van der Waals surface area contributed by atoms with Crippen LogP contribution in [0.5, 0.6) is 5.75 Å². The average molecular weight is 368 g/mol. The van der Waals surface area contributed by atoms with Crippen LogP contribution in [0.25, 0.3) is 0 Å². The molecule has 0 bridgehead atoms. The van der Waals surface area contributed by atoms with Crippen molar-refractivity contribution in [2.75, 3.05) is 53.9 Å². The summed E-state index contributed by atoms with van der Waals surface area (Å²) in [6, 6.07) is 19.8. The summed E-state index contributed by atoms with van der Waals surface area (Å²) in [4.78, 5) is 7.22. The second-order valence-electron chi connectivity index (χ2n) is 7.77. The van der Waals surface area contributed by atoms with Crippen molar-refractivity contribution in [2.45, 2.75) is 19.0 Å². The predicted octanol–water partition coefficient (Wildman–Crippen LogP) is 3.51. The van der Waals surface area contributed by atoms with Crippen LogP contribution in [0.2, 0.25) is 0 Å². The normalized spacial score (nSPS) is 18.7. The molecule has 1 saturated heterocycles. The zero-order chi connectivity index (χ0) is 19.1. The number of hydrogen-bond donors (Lipinski definition) is 0. The number of para-hydroxylation sites is 1. The van der Waals surface area contributed by atoms with E-state index in [0.29, 0.717) is 6.04 Å². The van der Waals surface area contributed by atoms with E-state index in [4.69, 9.17) is 4.74 Å². The number of likely N-dealkylation sites (N-methyl/N-ethyl adjacent to an activating group) is 1. The summed E-state index contributed by atoms with van der Waals surface area (Å²) in [6.07, 6.45) is 1.04. The number of ether oxygens (including phenoxy) is 1. The highest BCUT2D eigenvalue weighted by atomic mass is 16.5. The first-order chi connectivity index (χ1) is 13.1. The molecule has 1 atom stereocenters. The smallest absolute Gasteiger partial charge is 0.123 e. The molecule has 1 fully saturated rings. The molecule has 2 aromatic rings. The van der Waals surface area contributed by atoms with Crippen molar-refractivity contribution in [1.82, 2.24) is 14.7 Å². The first-order valence-corrected chi connectivity index (χ1v) is 9.96. The minimum Gasteiger partial charge on any atom is -0.493 e. The van der Waals surface area contributed by atoms with E-state index >= 15 is 0 Å². The monoisotopic (exact) mass is 367 g/mol. The molecule has 2 aromatic carbocycles. The second kappa shape index (κ2) is 9.88. The summed E-state index contributed by atoms with van der Waals surface area (Å²) in [5, 5.41) is 0. The van der Waals surface area contributed by atoms with Gasteiger partial charge < -0.3 is 14.5 Å². The Hall–Kier alpha value is -1.88. The van der Waals surface area contributed by atoms with Gasteiger partial charge in [-0.2, -0.15) is 0 Å². The summed E-state index contributed by atoms with van der Waals surface area (Å²) in [7, 11) is 6.42. The average Bonchev–Trinajstić information content (AvgIpc) is 2.68. The minimum atomic E-state index is 0.423. The van der Waals surface area contributed by atoms with Gasteiger partial charge in [-0.15, -0.1) is 0 Å². The van der Waals surface area contributed by atoms with E-state index < -0.39 is 0 Å². The van der Waals surface area contributed by atoms with Crippen LogP contribution in [0.4, 0.5) is 0 Å². The SMILES string of the molecule is CN(C)CCCOc1ccccc1CN1CCN(C)C[C@@H]1c1ccccc1. The van der Waals surface area contributed by atoms with Crippen molar-refractivity contribution < 1.29 is 4.74 Å². The lowest BCUT2D eigenvalue weighted by Gasteiger charge is -2.40. The van der Waals surface area contributed by atoms with E-state index in [9.17, 15) is 0 Å². The molecule has 146 valence electrons. The van der Waals surface area contributed by atoms with E-state index in [1.807, 2.05) is 0 Å².